The van der Waals surface area contributed by atoms with E-state index in [0.717, 1.165) is 13.1 Å². The van der Waals surface area contributed by atoms with Crippen molar-refractivity contribution in [1.82, 2.24) is 10.6 Å². The van der Waals surface area contributed by atoms with E-state index in [9.17, 15) is 0 Å². The summed E-state index contributed by atoms with van der Waals surface area (Å²) in [6.07, 6.45) is 0. The van der Waals surface area contributed by atoms with Gasteiger partial charge >= 0.3 is 0 Å². The average Bonchev–Trinajstić information content (AvgIpc) is 1.85. The van der Waals surface area contributed by atoms with Crippen LogP contribution in [-0.4, -0.2) is 32.5 Å². The van der Waals surface area contributed by atoms with Crippen molar-refractivity contribution in [2.75, 3.05) is 26.9 Å². The molecule has 68 valence electrons. The quantitative estimate of drug-likeness (QED) is 0.455. The van der Waals surface area contributed by atoms with Gasteiger partial charge in [0, 0.05) is 13.1 Å². The molecule has 0 rings (SSSR count). The highest BCUT2D eigenvalue weighted by molar-refractivity contribution is 4.57. The first kappa shape index (κ1) is 10.9. The molecule has 3 nitrogen and oxygen atoms in total. The Labute approximate surface area is 69.5 Å². The molecule has 3 heteroatoms. The van der Waals surface area contributed by atoms with Crippen LogP contribution in [0.25, 0.3) is 0 Å². The summed E-state index contributed by atoms with van der Waals surface area (Å²) in [5, 5.41) is 6.21. The maximum atomic E-state index is 5.44. The molecule has 0 aromatic heterocycles. The van der Waals surface area contributed by atoms with Gasteiger partial charge in [-0.05, 0) is 27.8 Å². The lowest BCUT2D eigenvalue weighted by atomic mass is 10.2. The maximum Gasteiger partial charge on any atom is 0.0972 e. The second-order valence-corrected chi connectivity index (χ2v) is 3.50. The largest absolute Gasteiger partial charge is 0.361 e. The third kappa shape index (κ3) is 9.88. The molecule has 2 N–H and O–H groups in total. The Morgan fingerprint density at radius 2 is 1.82 bits per heavy atom. The summed E-state index contributed by atoms with van der Waals surface area (Å²) in [6.45, 7) is 8.71. The van der Waals surface area contributed by atoms with E-state index in [4.69, 9.17) is 4.74 Å². The lowest BCUT2D eigenvalue weighted by Crippen LogP contribution is -2.31. The first-order valence-corrected chi connectivity index (χ1v) is 4.05. The van der Waals surface area contributed by atoms with Crippen molar-refractivity contribution in [3.63, 3.8) is 0 Å². The van der Waals surface area contributed by atoms with Gasteiger partial charge in [-0.15, -0.1) is 0 Å². The van der Waals surface area contributed by atoms with Crippen molar-refractivity contribution >= 4 is 0 Å². The zero-order valence-corrected chi connectivity index (χ0v) is 8.03. The zero-order valence-electron chi connectivity index (χ0n) is 8.03. The molecule has 0 saturated heterocycles. The fourth-order valence-electron chi connectivity index (χ4n) is 0.553. The topological polar surface area (TPSA) is 33.3 Å². The van der Waals surface area contributed by atoms with Gasteiger partial charge in [-0.2, -0.15) is 0 Å². The van der Waals surface area contributed by atoms with Crippen LogP contribution < -0.4 is 10.6 Å². The standard InChI is InChI=1S/C8H20N2O/c1-8(2,3)11-7-10-6-5-9-4/h9-10H,5-7H2,1-4H3. The second kappa shape index (κ2) is 5.52. The van der Waals surface area contributed by atoms with Crippen molar-refractivity contribution < 1.29 is 4.74 Å². The van der Waals surface area contributed by atoms with Gasteiger partial charge in [-0.25, -0.2) is 0 Å². The smallest absolute Gasteiger partial charge is 0.0972 e. The van der Waals surface area contributed by atoms with Gasteiger partial charge in [-0.3, -0.25) is 5.32 Å². The zero-order chi connectivity index (χ0) is 8.74. The summed E-state index contributed by atoms with van der Waals surface area (Å²) in [7, 11) is 1.94. The summed E-state index contributed by atoms with van der Waals surface area (Å²) in [6, 6.07) is 0. The summed E-state index contributed by atoms with van der Waals surface area (Å²) in [5.41, 5.74) is -0.0351. The van der Waals surface area contributed by atoms with E-state index in [2.05, 4.69) is 10.6 Å². The van der Waals surface area contributed by atoms with Gasteiger partial charge in [0.2, 0.25) is 0 Å². The van der Waals surface area contributed by atoms with Crippen LogP contribution in [-0.2, 0) is 4.74 Å². The van der Waals surface area contributed by atoms with E-state index in [1.807, 2.05) is 27.8 Å². The van der Waals surface area contributed by atoms with Crippen molar-refractivity contribution in [3.8, 4) is 0 Å². The molecule has 0 atom stereocenters. The van der Waals surface area contributed by atoms with Gasteiger partial charge in [-0.1, -0.05) is 0 Å². The summed E-state index contributed by atoms with van der Waals surface area (Å²) < 4.78 is 5.44. The lowest BCUT2D eigenvalue weighted by molar-refractivity contribution is -0.0128. The van der Waals surface area contributed by atoms with Crippen LogP contribution >= 0.6 is 0 Å². The number of hydrogen-bond acceptors (Lipinski definition) is 3. The molecule has 0 spiro atoms. The molecule has 0 aliphatic carbocycles. The molecule has 0 aromatic carbocycles. The molecule has 0 aliphatic heterocycles. The minimum absolute atomic E-state index is 0.0351. The molecular formula is C8H20N2O. The average molecular weight is 160 g/mol. The second-order valence-electron chi connectivity index (χ2n) is 3.50. The molecule has 0 unspecified atom stereocenters. The predicted octanol–water partition coefficient (Wildman–Crippen LogP) is 0.568. The van der Waals surface area contributed by atoms with Gasteiger partial charge in [0.25, 0.3) is 0 Å². The SMILES string of the molecule is CNCCNCOC(C)(C)C. The minimum atomic E-state index is -0.0351. The van der Waals surface area contributed by atoms with E-state index in [-0.39, 0.29) is 5.60 Å². The molecule has 0 bridgehead atoms. The highest BCUT2D eigenvalue weighted by atomic mass is 16.5. The molecule has 0 aromatic rings. The summed E-state index contributed by atoms with van der Waals surface area (Å²) >= 11 is 0. The minimum Gasteiger partial charge on any atom is -0.361 e. The molecule has 0 aliphatic rings. The Balaban J connectivity index is 3.02. The first-order valence-electron chi connectivity index (χ1n) is 4.05. The molecule has 0 fully saturated rings. The van der Waals surface area contributed by atoms with E-state index in [0.29, 0.717) is 6.73 Å². The van der Waals surface area contributed by atoms with Gasteiger partial charge in [0.1, 0.15) is 0 Å². The number of hydrogen-bond donors (Lipinski definition) is 2. The van der Waals surface area contributed by atoms with Crippen LogP contribution in [0.1, 0.15) is 20.8 Å². The normalized spacial score (nSPS) is 12.0. The van der Waals surface area contributed by atoms with Crippen molar-refractivity contribution in [2.45, 2.75) is 26.4 Å². The Hall–Kier alpha value is -0.120. The Morgan fingerprint density at radius 1 is 1.18 bits per heavy atom. The lowest BCUT2D eigenvalue weighted by Gasteiger charge is -2.19. The Bertz CT molecular complexity index is 88.6. The van der Waals surface area contributed by atoms with Crippen LogP contribution in [0.4, 0.5) is 0 Å². The van der Waals surface area contributed by atoms with Crippen LogP contribution in [0.15, 0.2) is 0 Å². The van der Waals surface area contributed by atoms with E-state index in [1.165, 1.54) is 0 Å². The summed E-state index contributed by atoms with van der Waals surface area (Å²) in [5.74, 6) is 0. The van der Waals surface area contributed by atoms with Crippen LogP contribution in [0.3, 0.4) is 0 Å². The van der Waals surface area contributed by atoms with Crippen LogP contribution in [0, 0.1) is 0 Å². The number of rotatable bonds is 5. The molecule has 0 saturated carbocycles. The number of nitrogens with one attached hydrogen (secondary N) is 2. The van der Waals surface area contributed by atoms with E-state index in [1.54, 1.807) is 0 Å². The Morgan fingerprint density at radius 3 is 2.27 bits per heavy atom. The van der Waals surface area contributed by atoms with Crippen LogP contribution in [0.5, 0.6) is 0 Å². The predicted molar refractivity (Wildman–Crippen MR) is 47.6 cm³/mol. The highest BCUT2D eigenvalue weighted by Gasteiger charge is 2.08. The fourth-order valence-corrected chi connectivity index (χ4v) is 0.553. The number of ether oxygens (including phenoxy) is 1. The maximum absolute atomic E-state index is 5.44. The molecular weight excluding hydrogens is 140 g/mol. The fraction of sp³-hybridized carbons (Fsp3) is 1.00. The highest BCUT2D eigenvalue weighted by Crippen LogP contribution is 2.04. The molecule has 0 amide bonds. The third-order valence-electron chi connectivity index (χ3n) is 1.16. The molecule has 11 heavy (non-hydrogen) atoms. The monoisotopic (exact) mass is 160 g/mol. The number of likely N-dealkylation sites (N-methyl/N-ethyl adjacent to an activating group) is 1. The first-order chi connectivity index (χ1) is 5.06. The van der Waals surface area contributed by atoms with Crippen molar-refractivity contribution in [3.05, 3.63) is 0 Å². The third-order valence-corrected chi connectivity index (χ3v) is 1.16. The van der Waals surface area contributed by atoms with Crippen LogP contribution in [0.2, 0.25) is 0 Å². The Kier molecular flexibility index (Phi) is 5.46. The van der Waals surface area contributed by atoms with Gasteiger partial charge < -0.3 is 10.1 Å². The van der Waals surface area contributed by atoms with Gasteiger partial charge in [0.05, 0.1) is 12.3 Å². The molecule has 0 radical (unpaired) electrons. The van der Waals surface area contributed by atoms with E-state index < -0.39 is 0 Å². The van der Waals surface area contributed by atoms with Gasteiger partial charge in [0.15, 0.2) is 0 Å². The van der Waals surface area contributed by atoms with E-state index >= 15 is 0 Å². The van der Waals surface area contributed by atoms with Crippen molar-refractivity contribution in [1.29, 1.82) is 0 Å². The summed E-state index contributed by atoms with van der Waals surface area (Å²) in [4.78, 5) is 0. The van der Waals surface area contributed by atoms with Crippen molar-refractivity contribution in [2.24, 2.45) is 0 Å². The molecule has 0 heterocycles.